The third-order valence-electron chi connectivity index (χ3n) is 4.01. The molecule has 128 valence electrons. The van der Waals surface area contributed by atoms with Crippen LogP contribution in [0.15, 0.2) is 24.3 Å². The molecule has 3 rings (SSSR count). The smallest absolute Gasteiger partial charge is 0.409 e. The molecule has 1 saturated heterocycles. The summed E-state index contributed by atoms with van der Waals surface area (Å²) in [6.07, 6.45) is -0.279. The van der Waals surface area contributed by atoms with Crippen molar-refractivity contribution in [3.05, 3.63) is 29.3 Å². The number of rotatable bonds is 4. The Balaban J connectivity index is 1.43. The Bertz CT molecular complexity index is 692. The highest BCUT2D eigenvalue weighted by atomic mass is 32.1. The molecule has 7 nitrogen and oxygen atoms in total. The van der Waals surface area contributed by atoms with Crippen LogP contribution >= 0.6 is 11.3 Å². The molecule has 1 aliphatic heterocycles. The molecular weight excluding hydrogens is 328 g/mol. The zero-order chi connectivity index (χ0) is 16.9. The summed E-state index contributed by atoms with van der Waals surface area (Å²) in [6, 6.07) is 7.72. The number of hydrogen-bond donors (Lipinski definition) is 1. The van der Waals surface area contributed by atoms with Crippen LogP contribution in [0.2, 0.25) is 0 Å². The van der Waals surface area contributed by atoms with E-state index in [9.17, 15) is 9.59 Å². The molecule has 24 heavy (non-hydrogen) atoms. The number of methoxy groups -OCH3 is 1. The maximum absolute atomic E-state index is 12.2. The summed E-state index contributed by atoms with van der Waals surface area (Å²) < 4.78 is 5.73. The number of ether oxygens (including phenoxy) is 1. The van der Waals surface area contributed by atoms with E-state index in [0.717, 1.165) is 29.9 Å². The molecule has 0 spiro atoms. The van der Waals surface area contributed by atoms with Crippen molar-refractivity contribution in [2.45, 2.75) is 0 Å². The highest BCUT2D eigenvalue weighted by Crippen LogP contribution is 2.21. The minimum absolute atomic E-state index is 0.135. The Morgan fingerprint density at radius 3 is 2.71 bits per heavy atom. The second-order valence-electron chi connectivity index (χ2n) is 5.54. The lowest BCUT2D eigenvalue weighted by molar-refractivity contribution is 0.0885. The molecule has 1 aliphatic rings. The van der Waals surface area contributed by atoms with Gasteiger partial charge in [0.1, 0.15) is 0 Å². The van der Waals surface area contributed by atoms with Gasteiger partial charge in [0.05, 0.1) is 17.3 Å². The van der Waals surface area contributed by atoms with Crippen LogP contribution in [0.5, 0.6) is 0 Å². The van der Waals surface area contributed by atoms with Crippen molar-refractivity contribution in [3.8, 4) is 0 Å². The van der Waals surface area contributed by atoms with Crippen LogP contribution < -0.4 is 5.32 Å². The second-order valence-corrected chi connectivity index (χ2v) is 6.57. The predicted molar refractivity (Wildman–Crippen MR) is 92.4 cm³/mol. The first-order chi connectivity index (χ1) is 11.7. The maximum atomic E-state index is 12.2. The second kappa shape index (κ2) is 7.59. The molecule has 1 N–H and O–H groups in total. The van der Waals surface area contributed by atoms with Gasteiger partial charge >= 0.3 is 6.09 Å². The van der Waals surface area contributed by atoms with E-state index in [1.165, 1.54) is 18.4 Å². The number of amides is 2. The van der Waals surface area contributed by atoms with Crippen molar-refractivity contribution in [1.82, 2.24) is 20.1 Å². The van der Waals surface area contributed by atoms with E-state index in [1.807, 2.05) is 24.3 Å². The lowest BCUT2D eigenvalue weighted by Crippen LogP contribution is -2.50. The van der Waals surface area contributed by atoms with E-state index in [0.29, 0.717) is 24.6 Å². The molecule has 0 saturated carbocycles. The summed E-state index contributed by atoms with van der Waals surface area (Å²) in [5, 5.41) is 3.41. The van der Waals surface area contributed by atoms with Gasteiger partial charge in [-0.05, 0) is 12.1 Å². The third kappa shape index (κ3) is 3.82. The SMILES string of the molecule is COC(=O)N1CCN(CCNC(=O)c2nc3ccccc3s2)CC1. The average Bonchev–Trinajstić information content (AvgIpc) is 3.06. The van der Waals surface area contributed by atoms with E-state index in [2.05, 4.69) is 15.2 Å². The van der Waals surface area contributed by atoms with Crippen molar-refractivity contribution in [1.29, 1.82) is 0 Å². The standard InChI is InChI=1S/C16H20N4O3S/c1-23-16(22)20-10-8-19(9-11-20)7-6-17-14(21)15-18-12-4-2-3-5-13(12)24-15/h2-5H,6-11H2,1H3,(H,17,21). The zero-order valence-electron chi connectivity index (χ0n) is 13.5. The monoisotopic (exact) mass is 348 g/mol. The highest BCUT2D eigenvalue weighted by molar-refractivity contribution is 7.20. The first kappa shape index (κ1) is 16.7. The number of hydrogen-bond acceptors (Lipinski definition) is 6. The molecule has 1 aromatic carbocycles. The van der Waals surface area contributed by atoms with Gasteiger partial charge in [-0.15, -0.1) is 11.3 Å². The summed E-state index contributed by atoms with van der Waals surface area (Å²) >= 11 is 1.40. The Labute approximate surface area is 144 Å². The van der Waals surface area contributed by atoms with Gasteiger partial charge in [-0.25, -0.2) is 9.78 Å². The normalized spacial score (nSPS) is 15.5. The van der Waals surface area contributed by atoms with E-state index in [4.69, 9.17) is 4.74 Å². The quantitative estimate of drug-likeness (QED) is 0.904. The Morgan fingerprint density at radius 2 is 2.00 bits per heavy atom. The van der Waals surface area contributed by atoms with Crippen molar-refractivity contribution in [2.75, 3.05) is 46.4 Å². The number of aromatic nitrogens is 1. The van der Waals surface area contributed by atoms with Crippen molar-refractivity contribution >= 4 is 33.6 Å². The predicted octanol–water partition coefficient (Wildman–Crippen LogP) is 1.41. The van der Waals surface area contributed by atoms with Crippen LogP contribution in [0.25, 0.3) is 10.2 Å². The molecule has 0 aliphatic carbocycles. The number of para-hydroxylation sites is 1. The lowest BCUT2D eigenvalue weighted by Gasteiger charge is -2.33. The summed E-state index contributed by atoms with van der Waals surface area (Å²) in [5.74, 6) is -0.135. The fraction of sp³-hybridized carbons (Fsp3) is 0.438. The van der Waals surface area contributed by atoms with E-state index in [-0.39, 0.29) is 12.0 Å². The number of benzene rings is 1. The fourth-order valence-electron chi connectivity index (χ4n) is 2.66. The number of carbonyl (C=O) groups excluding carboxylic acids is 2. The van der Waals surface area contributed by atoms with Gasteiger partial charge in [-0.2, -0.15) is 0 Å². The number of fused-ring (bicyclic) bond motifs is 1. The molecule has 0 unspecified atom stereocenters. The molecule has 0 atom stereocenters. The van der Waals surface area contributed by atoms with Gasteiger partial charge in [-0.3, -0.25) is 9.69 Å². The number of carbonyl (C=O) groups is 2. The molecule has 1 fully saturated rings. The van der Waals surface area contributed by atoms with Crippen LogP contribution in [0.1, 0.15) is 9.80 Å². The van der Waals surface area contributed by atoms with E-state index >= 15 is 0 Å². The minimum atomic E-state index is -0.279. The molecule has 2 amide bonds. The van der Waals surface area contributed by atoms with Gasteiger partial charge in [-0.1, -0.05) is 12.1 Å². The Kier molecular flexibility index (Phi) is 5.27. The van der Waals surface area contributed by atoms with Crippen LogP contribution in [0, 0.1) is 0 Å². The van der Waals surface area contributed by atoms with Crippen LogP contribution in [0.3, 0.4) is 0 Å². The Hall–Kier alpha value is -2.19. The maximum Gasteiger partial charge on any atom is 0.409 e. The van der Waals surface area contributed by atoms with Gasteiger partial charge in [0.15, 0.2) is 5.01 Å². The summed E-state index contributed by atoms with van der Waals surface area (Å²) in [4.78, 5) is 31.9. The van der Waals surface area contributed by atoms with Crippen molar-refractivity contribution < 1.29 is 14.3 Å². The van der Waals surface area contributed by atoms with Crippen LogP contribution in [-0.4, -0.2) is 73.2 Å². The number of nitrogens with one attached hydrogen (secondary N) is 1. The van der Waals surface area contributed by atoms with Gasteiger partial charge in [0.2, 0.25) is 0 Å². The zero-order valence-corrected chi connectivity index (χ0v) is 14.3. The number of piperazine rings is 1. The first-order valence-corrected chi connectivity index (χ1v) is 8.68. The molecule has 2 heterocycles. The van der Waals surface area contributed by atoms with Crippen LogP contribution in [-0.2, 0) is 4.74 Å². The summed E-state index contributed by atoms with van der Waals surface area (Å²) in [6.45, 7) is 4.19. The summed E-state index contributed by atoms with van der Waals surface area (Å²) in [7, 11) is 1.40. The number of thiazole rings is 1. The van der Waals surface area contributed by atoms with Gasteiger partial charge < -0.3 is 15.0 Å². The molecular formula is C16H20N4O3S. The molecule has 1 aromatic heterocycles. The highest BCUT2D eigenvalue weighted by Gasteiger charge is 2.21. The van der Waals surface area contributed by atoms with Crippen molar-refractivity contribution in [3.63, 3.8) is 0 Å². The van der Waals surface area contributed by atoms with Crippen LogP contribution in [0.4, 0.5) is 4.79 Å². The molecule has 0 bridgehead atoms. The molecule has 8 heteroatoms. The number of nitrogens with zero attached hydrogens (tertiary/aromatic N) is 3. The summed E-state index contributed by atoms with van der Waals surface area (Å²) in [5.41, 5.74) is 0.853. The third-order valence-corrected chi connectivity index (χ3v) is 5.04. The molecule has 2 aromatic rings. The largest absolute Gasteiger partial charge is 0.453 e. The van der Waals surface area contributed by atoms with Crippen molar-refractivity contribution in [2.24, 2.45) is 0 Å². The fourth-order valence-corrected chi connectivity index (χ4v) is 3.54. The van der Waals surface area contributed by atoms with E-state index < -0.39 is 0 Å². The Morgan fingerprint density at radius 1 is 1.25 bits per heavy atom. The topological polar surface area (TPSA) is 74.8 Å². The first-order valence-electron chi connectivity index (χ1n) is 7.86. The molecule has 0 radical (unpaired) electrons. The average molecular weight is 348 g/mol. The van der Waals surface area contributed by atoms with Gasteiger partial charge in [0.25, 0.3) is 5.91 Å². The minimum Gasteiger partial charge on any atom is -0.453 e. The van der Waals surface area contributed by atoms with Gasteiger partial charge in [0, 0.05) is 39.3 Å². The van der Waals surface area contributed by atoms with E-state index in [1.54, 1.807) is 4.90 Å². The lowest BCUT2D eigenvalue weighted by atomic mass is 10.3.